The molecule has 0 atom stereocenters. The molecule has 0 heterocycles. The van der Waals surface area contributed by atoms with Crippen molar-refractivity contribution in [1.82, 2.24) is 4.90 Å². The van der Waals surface area contributed by atoms with Gasteiger partial charge in [-0.15, -0.1) is 0 Å². The van der Waals surface area contributed by atoms with Crippen molar-refractivity contribution in [2.75, 3.05) is 19.8 Å². The zero-order valence-corrected chi connectivity index (χ0v) is 11.0. The molecule has 0 radical (unpaired) electrons. The molecule has 0 unspecified atom stereocenters. The van der Waals surface area contributed by atoms with Crippen molar-refractivity contribution >= 4 is 11.7 Å². The van der Waals surface area contributed by atoms with Gasteiger partial charge in [-0.2, -0.15) is 0 Å². The molecule has 0 aromatic heterocycles. The lowest BCUT2D eigenvalue weighted by molar-refractivity contribution is -0.132. The molecule has 104 valence electrons. The monoisotopic (exact) mass is 257 g/mol. The smallest absolute Gasteiger partial charge is 0.225 e. The number of nitrogens with two attached hydrogens (primary N) is 1. The van der Waals surface area contributed by atoms with Crippen molar-refractivity contribution in [3.63, 3.8) is 0 Å². The van der Waals surface area contributed by atoms with Gasteiger partial charge in [0, 0.05) is 25.6 Å². The highest BCUT2D eigenvalue weighted by Crippen LogP contribution is 2.27. The van der Waals surface area contributed by atoms with E-state index in [9.17, 15) is 4.79 Å². The number of nitrogens with zero attached hydrogens (tertiary/aromatic N) is 2. The normalized spacial score (nSPS) is 15.7. The van der Waals surface area contributed by atoms with Crippen molar-refractivity contribution in [1.29, 1.82) is 0 Å². The lowest BCUT2D eigenvalue weighted by Gasteiger charge is -2.22. The highest BCUT2D eigenvalue weighted by atomic mass is 16.5. The predicted octanol–water partition coefficient (Wildman–Crippen LogP) is 0.931. The third kappa shape index (κ3) is 5.35. The maximum Gasteiger partial charge on any atom is 0.225 e. The van der Waals surface area contributed by atoms with Crippen LogP contribution < -0.4 is 5.73 Å². The van der Waals surface area contributed by atoms with Crippen LogP contribution in [-0.4, -0.2) is 47.7 Å². The summed E-state index contributed by atoms with van der Waals surface area (Å²) in [6.07, 6.45) is 3.89. The van der Waals surface area contributed by atoms with Crippen LogP contribution in [0.25, 0.3) is 0 Å². The molecule has 6 nitrogen and oxygen atoms in total. The maximum absolute atomic E-state index is 12.0. The van der Waals surface area contributed by atoms with Crippen molar-refractivity contribution in [2.45, 2.75) is 45.1 Å². The summed E-state index contributed by atoms with van der Waals surface area (Å²) in [7, 11) is 0. The quantitative estimate of drug-likeness (QED) is 0.211. The minimum absolute atomic E-state index is 0.0966. The first kappa shape index (κ1) is 14.8. The summed E-state index contributed by atoms with van der Waals surface area (Å²) in [4.78, 5) is 13.8. The molecule has 1 amide bonds. The summed E-state index contributed by atoms with van der Waals surface area (Å²) >= 11 is 0. The van der Waals surface area contributed by atoms with Crippen LogP contribution >= 0.6 is 0 Å². The zero-order valence-electron chi connectivity index (χ0n) is 11.0. The van der Waals surface area contributed by atoms with E-state index in [4.69, 9.17) is 15.7 Å². The van der Waals surface area contributed by atoms with Crippen LogP contribution in [0.1, 0.15) is 39.0 Å². The fraction of sp³-hybridized carbons (Fsp3) is 0.833. The summed E-state index contributed by atoms with van der Waals surface area (Å²) in [6.45, 7) is 3.72. The molecule has 18 heavy (non-hydrogen) atoms. The first-order valence-corrected chi connectivity index (χ1v) is 6.52. The van der Waals surface area contributed by atoms with Gasteiger partial charge in [-0.1, -0.05) is 12.1 Å². The van der Waals surface area contributed by atoms with E-state index in [1.165, 1.54) is 0 Å². The number of oxime groups is 1. The molecule has 1 fully saturated rings. The number of rotatable bonds is 9. The molecule has 6 heteroatoms. The Morgan fingerprint density at radius 3 is 2.72 bits per heavy atom. The number of carbonyl (C=O) groups is 1. The van der Waals surface area contributed by atoms with Crippen molar-refractivity contribution in [2.24, 2.45) is 10.9 Å². The Labute approximate surface area is 108 Å². The SMILES string of the molecule is CCCOCCC(=O)N(CCC(N)=NO)C1CC1. The van der Waals surface area contributed by atoms with Gasteiger partial charge in [-0.3, -0.25) is 4.79 Å². The van der Waals surface area contributed by atoms with Crippen molar-refractivity contribution in [3.05, 3.63) is 0 Å². The Bertz CT molecular complexity index is 290. The Morgan fingerprint density at radius 2 is 2.17 bits per heavy atom. The number of amides is 1. The van der Waals surface area contributed by atoms with Gasteiger partial charge in [0.15, 0.2) is 0 Å². The van der Waals surface area contributed by atoms with Gasteiger partial charge in [-0.05, 0) is 19.3 Å². The third-order valence-corrected chi connectivity index (χ3v) is 2.85. The van der Waals surface area contributed by atoms with Gasteiger partial charge < -0.3 is 20.6 Å². The van der Waals surface area contributed by atoms with Gasteiger partial charge in [0.05, 0.1) is 13.0 Å². The second kappa shape index (κ2) is 7.92. The second-order valence-corrected chi connectivity index (χ2v) is 4.52. The fourth-order valence-electron chi connectivity index (χ4n) is 1.73. The number of ether oxygens (including phenoxy) is 1. The molecule has 1 aliphatic carbocycles. The van der Waals surface area contributed by atoms with Gasteiger partial charge >= 0.3 is 0 Å². The van der Waals surface area contributed by atoms with Crippen LogP contribution in [0.4, 0.5) is 0 Å². The summed E-state index contributed by atoms with van der Waals surface area (Å²) < 4.78 is 5.31. The van der Waals surface area contributed by atoms with Gasteiger partial charge in [-0.25, -0.2) is 0 Å². The number of hydrogen-bond donors (Lipinski definition) is 2. The molecular formula is C12H23N3O3. The Kier molecular flexibility index (Phi) is 6.49. The van der Waals surface area contributed by atoms with Crippen LogP contribution in [0.3, 0.4) is 0 Å². The van der Waals surface area contributed by atoms with E-state index in [2.05, 4.69) is 5.16 Å². The average molecular weight is 257 g/mol. The van der Waals surface area contributed by atoms with E-state index >= 15 is 0 Å². The first-order valence-electron chi connectivity index (χ1n) is 6.52. The van der Waals surface area contributed by atoms with Gasteiger partial charge in [0.2, 0.25) is 5.91 Å². The van der Waals surface area contributed by atoms with E-state index in [1.807, 2.05) is 11.8 Å². The summed E-state index contributed by atoms with van der Waals surface area (Å²) in [6, 6.07) is 0.343. The topological polar surface area (TPSA) is 88.2 Å². The molecule has 0 spiro atoms. The number of amidine groups is 1. The van der Waals surface area contributed by atoms with E-state index in [0.717, 1.165) is 19.3 Å². The molecule has 0 aromatic carbocycles. The fourth-order valence-corrected chi connectivity index (χ4v) is 1.73. The number of carbonyl (C=O) groups excluding carboxylic acids is 1. The standard InChI is InChI=1S/C12H23N3O3/c1-2-8-18-9-6-12(16)15(10-3-4-10)7-5-11(13)14-17/h10,17H,2-9H2,1H3,(H2,13,14). The van der Waals surface area contributed by atoms with Crippen molar-refractivity contribution in [3.8, 4) is 0 Å². The minimum Gasteiger partial charge on any atom is -0.409 e. The predicted molar refractivity (Wildman–Crippen MR) is 68.5 cm³/mol. The van der Waals surface area contributed by atoms with Crippen LogP contribution in [0, 0.1) is 0 Å². The summed E-state index contributed by atoms with van der Waals surface area (Å²) in [5.74, 6) is 0.259. The number of hydrogen-bond acceptors (Lipinski definition) is 4. The van der Waals surface area contributed by atoms with Crippen LogP contribution in [0.5, 0.6) is 0 Å². The lowest BCUT2D eigenvalue weighted by Crippen LogP contribution is -2.36. The Hall–Kier alpha value is -1.30. The highest BCUT2D eigenvalue weighted by molar-refractivity contribution is 5.81. The van der Waals surface area contributed by atoms with Gasteiger partial charge in [0.25, 0.3) is 0 Å². The van der Waals surface area contributed by atoms with E-state index in [-0.39, 0.29) is 11.7 Å². The molecule has 0 bridgehead atoms. The first-order chi connectivity index (χ1) is 8.69. The second-order valence-electron chi connectivity index (χ2n) is 4.52. The molecule has 0 saturated heterocycles. The Morgan fingerprint density at radius 1 is 1.44 bits per heavy atom. The maximum atomic E-state index is 12.0. The van der Waals surface area contributed by atoms with E-state index in [0.29, 0.717) is 38.6 Å². The zero-order chi connectivity index (χ0) is 13.4. The molecule has 1 saturated carbocycles. The Balaban J connectivity index is 2.29. The lowest BCUT2D eigenvalue weighted by atomic mass is 10.3. The van der Waals surface area contributed by atoms with Crippen molar-refractivity contribution < 1.29 is 14.7 Å². The third-order valence-electron chi connectivity index (χ3n) is 2.85. The van der Waals surface area contributed by atoms with Crippen LogP contribution in [0.2, 0.25) is 0 Å². The van der Waals surface area contributed by atoms with Crippen LogP contribution in [0.15, 0.2) is 5.16 Å². The average Bonchev–Trinajstić information content (AvgIpc) is 3.19. The van der Waals surface area contributed by atoms with E-state index < -0.39 is 0 Å². The van der Waals surface area contributed by atoms with E-state index in [1.54, 1.807) is 0 Å². The molecule has 3 N–H and O–H groups in total. The highest BCUT2D eigenvalue weighted by Gasteiger charge is 2.31. The minimum atomic E-state index is 0.0966. The molecular weight excluding hydrogens is 234 g/mol. The molecule has 1 rings (SSSR count). The summed E-state index contributed by atoms with van der Waals surface area (Å²) in [5, 5.41) is 11.4. The largest absolute Gasteiger partial charge is 0.409 e. The van der Waals surface area contributed by atoms with Gasteiger partial charge in [0.1, 0.15) is 5.84 Å². The molecule has 0 aliphatic heterocycles. The molecule has 0 aromatic rings. The van der Waals surface area contributed by atoms with Crippen LogP contribution in [-0.2, 0) is 9.53 Å². The molecule has 1 aliphatic rings. The summed E-state index contributed by atoms with van der Waals surface area (Å²) in [5.41, 5.74) is 5.42.